The van der Waals surface area contributed by atoms with Crippen molar-refractivity contribution in [2.24, 2.45) is 5.92 Å². The number of fused-ring (bicyclic) bond motifs is 3. The fraction of sp³-hybridized carbons (Fsp3) is 0.400. The van der Waals surface area contributed by atoms with Crippen LogP contribution in [0.5, 0.6) is 0 Å². The van der Waals surface area contributed by atoms with Gasteiger partial charge in [-0.25, -0.2) is 8.78 Å². The molecule has 1 fully saturated rings. The molecular formula is C20H20F2S. The van der Waals surface area contributed by atoms with Gasteiger partial charge >= 0.3 is 0 Å². The second kappa shape index (κ2) is 5.55. The van der Waals surface area contributed by atoms with Crippen molar-refractivity contribution in [3.05, 3.63) is 47.0 Å². The molecule has 1 aliphatic carbocycles. The molecule has 23 heavy (non-hydrogen) atoms. The first-order chi connectivity index (χ1) is 11.1. The van der Waals surface area contributed by atoms with Crippen LogP contribution in [0.15, 0.2) is 24.3 Å². The first-order valence-electron chi connectivity index (χ1n) is 8.36. The number of hydrogen-bond donors (Lipinski definition) is 0. The van der Waals surface area contributed by atoms with Crippen LogP contribution in [0, 0.1) is 24.5 Å². The minimum absolute atomic E-state index is 0.125. The summed E-state index contributed by atoms with van der Waals surface area (Å²) in [5, 5.41) is 1.67. The Balaban J connectivity index is 1.88. The van der Waals surface area contributed by atoms with Crippen LogP contribution in [0.2, 0.25) is 0 Å². The predicted octanol–water partition coefficient (Wildman–Crippen LogP) is 6.93. The predicted molar refractivity (Wildman–Crippen MR) is 94.4 cm³/mol. The molecule has 1 aromatic heterocycles. The van der Waals surface area contributed by atoms with E-state index in [0.717, 1.165) is 35.1 Å². The summed E-state index contributed by atoms with van der Waals surface area (Å²) in [6.45, 7) is 4.02. The van der Waals surface area contributed by atoms with Gasteiger partial charge in [-0.1, -0.05) is 44.0 Å². The number of aryl methyl sites for hydroxylation is 1. The lowest BCUT2D eigenvalue weighted by atomic mass is 9.79. The molecule has 3 aromatic rings. The minimum atomic E-state index is -0.212. The van der Waals surface area contributed by atoms with Crippen molar-refractivity contribution < 1.29 is 8.78 Å². The molecule has 0 saturated heterocycles. The number of rotatable bonds is 1. The second-order valence-electron chi connectivity index (χ2n) is 6.98. The van der Waals surface area contributed by atoms with E-state index in [4.69, 9.17) is 0 Å². The first-order valence-corrected chi connectivity index (χ1v) is 9.17. The van der Waals surface area contributed by atoms with Crippen molar-refractivity contribution in [1.29, 1.82) is 0 Å². The SMILES string of the molecule is Cc1ccc2c(sc3c(F)c(C4CCC(C)CC4)ccc32)c1F. The third-order valence-electron chi connectivity index (χ3n) is 5.37. The van der Waals surface area contributed by atoms with Crippen LogP contribution in [-0.4, -0.2) is 0 Å². The third kappa shape index (κ3) is 2.37. The van der Waals surface area contributed by atoms with E-state index >= 15 is 4.39 Å². The highest BCUT2D eigenvalue weighted by Gasteiger charge is 2.24. The van der Waals surface area contributed by atoms with Crippen molar-refractivity contribution in [3.8, 4) is 0 Å². The van der Waals surface area contributed by atoms with Crippen molar-refractivity contribution in [3.63, 3.8) is 0 Å². The van der Waals surface area contributed by atoms with Gasteiger partial charge in [-0.2, -0.15) is 0 Å². The summed E-state index contributed by atoms with van der Waals surface area (Å²) >= 11 is 1.26. The zero-order chi connectivity index (χ0) is 16.1. The summed E-state index contributed by atoms with van der Waals surface area (Å²) in [7, 11) is 0. The molecule has 2 aromatic carbocycles. The zero-order valence-corrected chi connectivity index (χ0v) is 14.3. The standard InChI is InChI=1S/C20H20F2S/c1-11-3-6-13(7-4-11)14-9-10-16-15-8-5-12(2)17(21)19(15)23-20(16)18(14)22/h5,8-11,13H,3-4,6-7H2,1-2H3. The molecule has 4 rings (SSSR count). The molecule has 0 aliphatic heterocycles. The maximum Gasteiger partial charge on any atom is 0.144 e. The van der Waals surface area contributed by atoms with Gasteiger partial charge in [-0.3, -0.25) is 0 Å². The summed E-state index contributed by atoms with van der Waals surface area (Å²) in [6, 6.07) is 7.60. The van der Waals surface area contributed by atoms with E-state index in [0.29, 0.717) is 20.9 Å². The Bertz CT molecular complexity index is 886. The second-order valence-corrected chi connectivity index (χ2v) is 8.00. The van der Waals surface area contributed by atoms with Gasteiger partial charge in [0.05, 0.1) is 9.40 Å². The van der Waals surface area contributed by atoms with E-state index in [1.165, 1.54) is 24.2 Å². The smallest absolute Gasteiger partial charge is 0.144 e. The maximum atomic E-state index is 15.1. The molecule has 1 saturated carbocycles. The fourth-order valence-electron chi connectivity index (χ4n) is 3.84. The van der Waals surface area contributed by atoms with E-state index < -0.39 is 0 Å². The van der Waals surface area contributed by atoms with Gasteiger partial charge in [0.15, 0.2) is 0 Å². The van der Waals surface area contributed by atoms with Gasteiger partial charge in [-0.15, -0.1) is 11.3 Å². The van der Waals surface area contributed by atoms with Gasteiger partial charge in [0.1, 0.15) is 11.6 Å². The first kappa shape index (κ1) is 15.1. The van der Waals surface area contributed by atoms with Crippen LogP contribution in [0.1, 0.15) is 49.7 Å². The Morgan fingerprint density at radius 2 is 1.48 bits per heavy atom. The number of hydrogen-bond acceptors (Lipinski definition) is 1. The third-order valence-corrected chi connectivity index (χ3v) is 6.57. The molecule has 3 heteroatoms. The Morgan fingerprint density at radius 1 is 0.870 bits per heavy atom. The van der Waals surface area contributed by atoms with E-state index in [2.05, 4.69) is 6.92 Å². The number of halogens is 2. The highest BCUT2D eigenvalue weighted by atomic mass is 32.1. The Kier molecular flexibility index (Phi) is 3.64. The average Bonchev–Trinajstić information content (AvgIpc) is 2.93. The molecule has 0 amide bonds. The van der Waals surface area contributed by atoms with Crippen LogP contribution >= 0.6 is 11.3 Å². The average molecular weight is 330 g/mol. The topological polar surface area (TPSA) is 0 Å². The van der Waals surface area contributed by atoms with Crippen molar-refractivity contribution in [2.75, 3.05) is 0 Å². The van der Waals surface area contributed by atoms with Gasteiger partial charge < -0.3 is 0 Å². The summed E-state index contributed by atoms with van der Waals surface area (Å²) < 4.78 is 30.7. The molecular weight excluding hydrogens is 310 g/mol. The van der Waals surface area contributed by atoms with E-state index in [1.54, 1.807) is 13.0 Å². The molecule has 0 radical (unpaired) electrons. The van der Waals surface area contributed by atoms with Gasteiger partial charge in [0.25, 0.3) is 0 Å². The largest absolute Gasteiger partial charge is 0.205 e. The van der Waals surface area contributed by atoms with Crippen LogP contribution in [-0.2, 0) is 0 Å². The van der Waals surface area contributed by atoms with Gasteiger partial charge in [0.2, 0.25) is 0 Å². The zero-order valence-electron chi connectivity index (χ0n) is 13.5. The van der Waals surface area contributed by atoms with Crippen molar-refractivity contribution >= 4 is 31.5 Å². The van der Waals surface area contributed by atoms with E-state index in [9.17, 15) is 4.39 Å². The van der Waals surface area contributed by atoms with Gasteiger partial charge in [0, 0.05) is 10.8 Å². The van der Waals surface area contributed by atoms with Crippen LogP contribution in [0.25, 0.3) is 20.2 Å². The molecule has 0 nitrogen and oxygen atoms in total. The maximum absolute atomic E-state index is 15.1. The Hall–Kier alpha value is -1.48. The van der Waals surface area contributed by atoms with Crippen molar-refractivity contribution in [1.82, 2.24) is 0 Å². The lowest BCUT2D eigenvalue weighted by Gasteiger charge is -2.26. The number of benzene rings is 2. The molecule has 1 aliphatic rings. The molecule has 0 bridgehead atoms. The quantitative estimate of drug-likeness (QED) is 0.453. The summed E-state index contributed by atoms with van der Waals surface area (Å²) in [5.74, 6) is 0.725. The Morgan fingerprint density at radius 3 is 2.17 bits per heavy atom. The van der Waals surface area contributed by atoms with Crippen LogP contribution in [0.3, 0.4) is 0 Å². The molecule has 120 valence electrons. The highest BCUT2D eigenvalue weighted by Crippen LogP contribution is 2.42. The van der Waals surface area contributed by atoms with Gasteiger partial charge in [-0.05, 0) is 42.7 Å². The normalized spacial score (nSPS) is 22.1. The Labute approximate surface area is 139 Å². The molecule has 0 unspecified atom stereocenters. The lowest BCUT2D eigenvalue weighted by Crippen LogP contribution is -2.12. The highest BCUT2D eigenvalue weighted by molar-refractivity contribution is 7.25. The number of thiophene rings is 1. The lowest BCUT2D eigenvalue weighted by molar-refractivity contribution is 0.343. The fourth-order valence-corrected chi connectivity index (χ4v) is 5.08. The van der Waals surface area contributed by atoms with Crippen LogP contribution in [0.4, 0.5) is 8.78 Å². The van der Waals surface area contributed by atoms with Crippen molar-refractivity contribution in [2.45, 2.75) is 45.4 Å². The molecule has 1 heterocycles. The van der Waals surface area contributed by atoms with E-state index in [1.807, 2.05) is 18.2 Å². The summed E-state index contributed by atoms with van der Waals surface area (Å²) in [6.07, 6.45) is 4.45. The summed E-state index contributed by atoms with van der Waals surface area (Å²) in [4.78, 5) is 0. The van der Waals surface area contributed by atoms with E-state index in [-0.39, 0.29) is 11.6 Å². The molecule has 0 atom stereocenters. The van der Waals surface area contributed by atoms with Crippen LogP contribution < -0.4 is 0 Å². The molecule has 0 N–H and O–H groups in total. The monoisotopic (exact) mass is 330 g/mol. The molecule has 0 spiro atoms. The summed E-state index contributed by atoms with van der Waals surface area (Å²) in [5.41, 5.74) is 1.44. The minimum Gasteiger partial charge on any atom is -0.205 e.